The number of azo groups is 1. The van der Waals surface area contributed by atoms with Gasteiger partial charge in [0.15, 0.2) is 0 Å². The molecule has 0 fully saturated rings. The first-order chi connectivity index (χ1) is 24.9. The van der Waals surface area contributed by atoms with Crippen molar-refractivity contribution >= 4 is 113 Å². The summed E-state index contributed by atoms with van der Waals surface area (Å²) in [5, 5.41) is 13.5. The van der Waals surface area contributed by atoms with E-state index in [0.29, 0.717) is 0 Å². The number of amidine groups is 2. The maximum atomic E-state index is 5.00. The van der Waals surface area contributed by atoms with Crippen LogP contribution in [0.3, 0.4) is 0 Å². The lowest BCUT2D eigenvalue weighted by molar-refractivity contribution is -0.466. The molecule has 54 heavy (non-hydrogen) atoms. The molecule has 0 N–H and O–H groups in total. The van der Waals surface area contributed by atoms with Crippen LogP contribution < -0.4 is 0 Å². The second-order valence-corrected chi connectivity index (χ2v) is 17.5. The lowest BCUT2D eigenvalue weighted by atomic mass is 10.1. The van der Waals surface area contributed by atoms with Crippen molar-refractivity contribution < 1.29 is 9.15 Å². The number of thioether (sulfide) groups is 2. The van der Waals surface area contributed by atoms with Crippen molar-refractivity contribution in [2.24, 2.45) is 10.2 Å². The Balaban J connectivity index is 0.00000325. The Hall–Kier alpha value is -3.52. The summed E-state index contributed by atoms with van der Waals surface area (Å²) in [6.07, 6.45) is 0. The van der Waals surface area contributed by atoms with Crippen LogP contribution in [0.4, 0.5) is 11.4 Å². The molecule has 6 rings (SSSR count). The van der Waals surface area contributed by atoms with Crippen LogP contribution in [0, 0.1) is 13.8 Å². The van der Waals surface area contributed by atoms with Crippen molar-refractivity contribution in [1.29, 1.82) is 0 Å². The Kier molecular flexibility index (Phi) is 15.1. The smallest absolute Gasteiger partial charge is 0.262 e. The van der Waals surface area contributed by atoms with E-state index in [0.717, 1.165) is 55.1 Å². The lowest BCUT2D eigenvalue weighted by Crippen LogP contribution is -2.26. The number of rotatable bonds is 8. The van der Waals surface area contributed by atoms with E-state index in [2.05, 4.69) is 148 Å². The highest BCUT2D eigenvalue weighted by molar-refractivity contribution is 8.13. The van der Waals surface area contributed by atoms with Gasteiger partial charge in [0, 0.05) is 22.6 Å². The fourth-order valence-electron chi connectivity index (χ4n) is 5.85. The number of thiazole rings is 2. The fraction of sp³-hybridized carbons (Fsp3) is 0.300. The molecular formula is C40H48Cl2N8S4+2. The maximum absolute atomic E-state index is 5.00. The van der Waals surface area contributed by atoms with Gasteiger partial charge in [-0.1, -0.05) is 0 Å². The quantitative estimate of drug-likeness (QED) is 0.0658. The Morgan fingerprint density at radius 1 is 0.593 bits per heavy atom. The van der Waals surface area contributed by atoms with Crippen LogP contribution in [0.5, 0.6) is 0 Å². The highest BCUT2D eigenvalue weighted by Crippen LogP contribution is 2.36. The van der Waals surface area contributed by atoms with Crippen molar-refractivity contribution in [2.75, 3.05) is 56.4 Å². The Morgan fingerprint density at radius 3 is 1.26 bits per heavy atom. The van der Waals surface area contributed by atoms with Crippen LogP contribution in [0.2, 0.25) is 0 Å². The molecule has 0 spiro atoms. The summed E-state index contributed by atoms with van der Waals surface area (Å²) < 4.78 is 6.73. The standard InChI is InChI=1S/C40H46N8S4.2ClH/c1-25-19-35-33(21-29(25)23-49-39(45(3)4)46(5)6)41-37(51-35)27-11-15-31(16-12-27)43-44-32-17-13-28(14-18-32)38-42-34-22-30(26(2)20-36(34)52-38)24-50-40(47(7)8)48(9)10;;/h11-22H,23-24H2,1-10H3;2*1H/q+2;;. The largest absolute Gasteiger partial charge is 0.307 e. The molecular weight excluding hydrogens is 792 g/mol. The molecule has 0 bridgehead atoms. The van der Waals surface area contributed by atoms with Crippen LogP contribution in [-0.2, 0) is 11.5 Å². The predicted octanol–water partition coefficient (Wildman–Crippen LogP) is 11.0. The normalized spacial score (nSPS) is 11.1. The summed E-state index contributed by atoms with van der Waals surface area (Å²) in [7, 11) is 16.7. The zero-order valence-corrected chi connectivity index (χ0v) is 37.3. The summed E-state index contributed by atoms with van der Waals surface area (Å²) in [5.41, 5.74) is 11.1. The van der Waals surface area contributed by atoms with Crippen molar-refractivity contribution in [3.8, 4) is 21.1 Å². The van der Waals surface area contributed by atoms with E-state index < -0.39 is 0 Å². The number of fused-ring (bicyclic) bond motifs is 2. The van der Waals surface area contributed by atoms with Crippen molar-refractivity contribution in [3.05, 3.63) is 95.1 Å². The zero-order valence-electron chi connectivity index (χ0n) is 32.4. The molecule has 0 aliphatic heterocycles. The van der Waals surface area contributed by atoms with Crippen molar-refractivity contribution in [3.63, 3.8) is 0 Å². The van der Waals surface area contributed by atoms with Gasteiger partial charge in [0.1, 0.15) is 10.0 Å². The SMILES string of the molecule is Cc1cc2sc(-c3ccc(N=Nc4ccc(-c5nc6cc(CSC(N(C)C)=[N+](C)C)c(C)cc6s5)cc4)cc3)nc2cc1CSC(N(C)C)=[N+](C)C.Cl.Cl. The monoisotopic (exact) mass is 838 g/mol. The van der Waals surface area contributed by atoms with Gasteiger partial charge in [-0.2, -0.15) is 10.2 Å². The maximum Gasteiger partial charge on any atom is 0.307 e. The third-order valence-corrected chi connectivity index (χ3v) is 13.5. The Morgan fingerprint density at radius 2 is 0.944 bits per heavy atom. The number of nitrogens with zero attached hydrogens (tertiary/aromatic N) is 8. The van der Waals surface area contributed by atoms with Gasteiger partial charge in [-0.3, -0.25) is 19.0 Å². The van der Waals surface area contributed by atoms with E-state index in [9.17, 15) is 0 Å². The molecule has 0 aliphatic rings. The molecule has 284 valence electrons. The van der Waals surface area contributed by atoms with Crippen molar-refractivity contribution in [2.45, 2.75) is 25.4 Å². The zero-order chi connectivity index (χ0) is 37.1. The first-order valence-electron chi connectivity index (χ1n) is 17.0. The average molecular weight is 840 g/mol. The van der Waals surface area contributed by atoms with Crippen LogP contribution in [0.15, 0.2) is 83.0 Å². The summed E-state index contributed by atoms with van der Waals surface area (Å²) in [4.78, 5) is 14.3. The van der Waals surface area contributed by atoms with E-state index in [1.54, 1.807) is 22.7 Å². The van der Waals surface area contributed by atoms with E-state index in [4.69, 9.17) is 9.97 Å². The number of benzene rings is 4. The van der Waals surface area contributed by atoms with E-state index in [1.165, 1.54) is 42.0 Å². The molecule has 14 heteroatoms. The van der Waals surface area contributed by atoms with Gasteiger partial charge in [0.25, 0.3) is 0 Å². The number of hydrogen-bond acceptors (Lipinski definition) is 8. The van der Waals surface area contributed by atoms with Crippen LogP contribution in [-0.4, -0.2) is 95.6 Å². The highest BCUT2D eigenvalue weighted by atomic mass is 35.5. The van der Waals surface area contributed by atoms with Gasteiger partial charge >= 0.3 is 10.3 Å². The molecule has 0 amide bonds. The minimum Gasteiger partial charge on any atom is -0.262 e. The molecule has 0 aliphatic carbocycles. The number of halogens is 2. The summed E-state index contributed by atoms with van der Waals surface area (Å²) >= 11 is 7.14. The van der Waals surface area contributed by atoms with E-state index in [1.807, 2.05) is 47.8 Å². The highest BCUT2D eigenvalue weighted by Gasteiger charge is 2.17. The van der Waals surface area contributed by atoms with Gasteiger partial charge in [0.05, 0.1) is 88.2 Å². The average Bonchev–Trinajstić information content (AvgIpc) is 3.71. The van der Waals surface area contributed by atoms with Gasteiger partial charge in [-0.25, -0.2) is 9.97 Å². The molecule has 0 saturated heterocycles. The van der Waals surface area contributed by atoms with Crippen LogP contribution in [0.25, 0.3) is 41.6 Å². The summed E-state index contributed by atoms with van der Waals surface area (Å²) in [5.74, 6) is 1.80. The minimum atomic E-state index is 0. The van der Waals surface area contributed by atoms with Crippen LogP contribution >= 0.6 is 71.0 Å². The first kappa shape index (κ1) is 43.2. The molecule has 0 radical (unpaired) electrons. The molecule has 2 heterocycles. The second-order valence-electron chi connectivity index (χ2n) is 13.5. The Labute approximate surface area is 348 Å². The molecule has 2 aromatic heterocycles. The lowest BCUT2D eigenvalue weighted by Gasteiger charge is -2.11. The van der Waals surface area contributed by atoms with Gasteiger partial charge < -0.3 is 0 Å². The van der Waals surface area contributed by atoms with Gasteiger partial charge in [-0.15, -0.1) is 47.5 Å². The Bertz CT molecular complexity index is 2160. The topological polar surface area (TPSA) is 63.0 Å². The van der Waals surface area contributed by atoms with Crippen LogP contribution in [0.1, 0.15) is 22.3 Å². The van der Waals surface area contributed by atoms with Crippen molar-refractivity contribution in [1.82, 2.24) is 19.8 Å². The summed E-state index contributed by atoms with van der Waals surface area (Å²) in [6, 6.07) is 25.4. The molecule has 0 saturated carbocycles. The fourth-order valence-corrected chi connectivity index (χ4v) is 10.2. The number of hydrogen-bond donors (Lipinski definition) is 0. The molecule has 8 nitrogen and oxygen atoms in total. The number of aryl methyl sites for hydroxylation is 2. The molecule has 4 aromatic carbocycles. The third kappa shape index (κ3) is 10.2. The van der Waals surface area contributed by atoms with E-state index >= 15 is 0 Å². The van der Waals surface area contributed by atoms with Gasteiger partial charge in [-0.05, 0) is 132 Å². The summed E-state index contributed by atoms with van der Waals surface area (Å²) in [6.45, 7) is 4.38. The first-order valence-corrected chi connectivity index (χ1v) is 20.6. The molecule has 6 aromatic rings. The molecule has 0 atom stereocenters. The van der Waals surface area contributed by atoms with E-state index in [-0.39, 0.29) is 24.8 Å². The number of aromatic nitrogens is 2. The molecule has 0 unspecified atom stereocenters. The third-order valence-electron chi connectivity index (χ3n) is 8.45. The van der Waals surface area contributed by atoms with Gasteiger partial charge in [0.2, 0.25) is 0 Å². The minimum absolute atomic E-state index is 0. The second kappa shape index (κ2) is 18.9. The predicted molar refractivity (Wildman–Crippen MR) is 242 cm³/mol.